The van der Waals surface area contributed by atoms with Crippen LogP contribution in [0.2, 0.25) is 0 Å². The number of carbonyl (C=O) groups excluding carboxylic acids is 2. The van der Waals surface area contributed by atoms with Gasteiger partial charge in [-0.2, -0.15) is 0 Å². The van der Waals surface area contributed by atoms with Gasteiger partial charge in [-0.25, -0.2) is 9.59 Å². The average molecular weight is 471 g/mol. The molecule has 6 nitrogen and oxygen atoms in total. The van der Waals surface area contributed by atoms with Gasteiger partial charge in [-0.15, -0.1) is 0 Å². The van der Waals surface area contributed by atoms with Gasteiger partial charge in [-0.05, 0) is 48.5 Å². The van der Waals surface area contributed by atoms with Gasteiger partial charge in [0.15, 0.2) is 0 Å². The molecule has 0 radical (unpaired) electrons. The molecule has 3 aromatic rings. The first-order chi connectivity index (χ1) is 14.6. The number of para-hydroxylation sites is 1. The Hall–Kier alpha value is -3.32. The van der Waals surface area contributed by atoms with Crippen molar-refractivity contribution in [2.24, 2.45) is 0 Å². The molecule has 0 atom stereocenters. The zero-order chi connectivity index (χ0) is 21.3. The normalized spacial score (nSPS) is 10.2. The van der Waals surface area contributed by atoms with Crippen LogP contribution in [-0.2, 0) is 4.74 Å². The molecule has 3 aromatic carbocycles. The summed E-state index contributed by atoms with van der Waals surface area (Å²) in [5.74, 6) is 0.166. The van der Waals surface area contributed by atoms with Crippen molar-refractivity contribution in [3.05, 3.63) is 88.4 Å². The van der Waals surface area contributed by atoms with Crippen LogP contribution in [0.3, 0.4) is 0 Å². The van der Waals surface area contributed by atoms with Crippen molar-refractivity contribution in [2.75, 3.05) is 20.3 Å². The second kappa shape index (κ2) is 10.5. The van der Waals surface area contributed by atoms with Crippen molar-refractivity contribution in [1.29, 1.82) is 0 Å². The molecular weight excluding hydrogens is 452 g/mol. The van der Waals surface area contributed by atoms with E-state index in [0.29, 0.717) is 16.0 Å². The van der Waals surface area contributed by atoms with Crippen LogP contribution < -0.4 is 14.2 Å². The molecule has 0 N–H and O–H groups in total. The van der Waals surface area contributed by atoms with E-state index in [2.05, 4.69) is 15.9 Å². The maximum Gasteiger partial charge on any atom is 0.347 e. The highest BCUT2D eigenvalue weighted by Crippen LogP contribution is 2.25. The molecule has 0 saturated carbocycles. The van der Waals surface area contributed by atoms with E-state index in [-0.39, 0.29) is 30.1 Å². The van der Waals surface area contributed by atoms with Gasteiger partial charge in [0.05, 0.1) is 12.7 Å². The molecule has 0 unspecified atom stereocenters. The van der Waals surface area contributed by atoms with Crippen LogP contribution in [0, 0.1) is 0 Å². The number of ether oxygens (including phenoxy) is 4. The second-order valence-corrected chi connectivity index (χ2v) is 6.98. The standard InChI is InChI=1S/C23H19BrO6/c1-27-21-11-10-17(24)15-20(21)23(26)30-19-9-5-6-16(14-19)22(25)29-13-12-28-18-7-3-2-4-8-18/h2-11,14-15H,12-13H2,1H3. The summed E-state index contributed by atoms with van der Waals surface area (Å²) in [4.78, 5) is 24.8. The summed E-state index contributed by atoms with van der Waals surface area (Å²) < 4.78 is 22.0. The summed E-state index contributed by atoms with van der Waals surface area (Å²) in [5.41, 5.74) is 0.527. The van der Waals surface area contributed by atoms with Crippen LogP contribution in [-0.4, -0.2) is 32.3 Å². The van der Waals surface area contributed by atoms with E-state index in [1.54, 1.807) is 36.4 Å². The topological polar surface area (TPSA) is 71.1 Å². The molecule has 0 fully saturated rings. The molecular formula is C23H19BrO6. The van der Waals surface area contributed by atoms with Crippen LogP contribution in [0.15, 0.2) is 77.3 Å². The van der Waals surface area contributed by atoms with E-state index >= 15 is 0 Å². The predicted molar refractivity (Wildman–Crippen MR) is 114 cm³/mol. The quantitative estimate of drug-likeness (QED) is 0.264. The van der Waals surface area contributed by atoms with Gasteiger partial charge >= 0.3 is 11.9 Å². The molecule has 0 saturated heterocycles. The van der Waals surface area contributed by atoms with Crippen molar-refractivity contribution >= 4 is 27.9 Å². The third-order valence-electron chi connectivity index (χ3n) is 3.99. The van der Waals surface area contributed by atoms with Gasteiger partial charge in [0.25, 0.3) is 0 Å². The van der Waals surface area contributed by atoms with Gasteiger partial charge in [-0.3, -0.25) is 0 Å². The third kappa shape index (κ3) is 5.84. The SMILES string of the molecule is COc1ccc(Br)cc1C(=O)Oc1cccc(C(=O)OCCOc2ccccc2)c1. The number of carbonyl (C=O) groups is 2. The fraction of sp³-hybridized carbons (Fsp3) is 0.130. The van der Waals surface area contributed by atoms with E-state index in [1.165, 1.54) is 13.2 Å². The lowest BCUT2D eigenvalue weighted by molar-refractivity contribution is 0.0449. The molecule has 0 heterocycles. The molecule has 0 bridgehead atoms. The van der Waals surface area contributed by atoms with Gasteiger partial charge in [0.2, 0.25) is 0 Å². The Morgan fingerprint density at radius 3 is 2.37 bits per heavy atom. The summed E-state index contributed by atoms with van der Waals surface area (Å²) in [6.45, 7) is 0.320. The van der Waals surface area contributed by atoms with Crippen molar-refractivity contribution in [3.63, 3.8) is 0 Å². The van der Waals surface area contributed by atoms with Crippen LogP contribution >= 0.6 is 15.9 Å². The number of hydrogen-bond donors (Lipinski definition) is 0. The van der Waals surface area contributed by atoms with Crippen molar-refractivity contribution in [3.8, 4) is 17.2 Å². The molecule has 0 spiro atoms. The van der Waals surface area contributed by atoms with E-state index in [1.807, 2.05) is 30.3 Å². The highest BCUT2D eigenvalue weighted by atomic mass is 79.9. The van der Waals surface area contributed by atoms with Crippen molar-refractivity contribution in [1.82, 2.24) is 0 Å². The summed E-state index contributed by atoms with van der Waals surface area (Å²) in [7, 11) is 1.47. The third-order valence-corrected chi connectivity index (χ3v) is 4.48. The molecule has 0 aromatic heterocycles. The fourth-order valence-corrected chi connectivity index (χ4v) is 2.94. The molecule has 0 aliphatic rings. The molecule has 154 valence electrons. The first-order valence-corrected chi connectivity index (χ1v) is 9.87. The lowest BCUT2D eigenvalue weighted by atomic mass is 10.2. The Kier molecular flexibility index (Phi) is 7.45. The monoisotopic (exact) mass is 470 g/mol. The zero-order valence-electron chi connectivity index (χ0n) is 16.2. The Bertz CT molecular complexity index is 1020. The number of halogens is 1. The Morgan fingerprint density at radius 2 is 1.60 bits per heavy atom. The van der Waals surface area contributed by atoms with Crippen LogP contribution in [0.5, 0.6) is 17.2 Å². The van der Waals surface area contributed by atoms with Gasteiger partial charge in [0, 0.05) is 4.47 Å². The van der Waals surface area contributed by atoms with Crippen LogP contribution in [0.4, 0.5) is 0 Å². The number of hydrogen-bond acceptors (Lipinski definition) is 6. The predicted octanol–water partition coefficient (Wildman–Crippen LogP) is 4.91. The minimum Gasteiger partial charge on any atom is -0.496 e. The summed E-state index contributed by atoms with van der Waals surface area (Å²) >= 11 is 3.32. The smallest absolute Gasteiger partial charge is 0.347 e. The van der Waals surface area contributed by atoms with Gasteiger partial charge < -0.3 is 18.9 Å². The lowest BCUT2D eigenvalue weighted by Gasteiger charge is -2.10. The van der Waals surface area contributed by atoms with Crippen LogP contribution in [0.1, 0.15) is 20.7 Å². The Morgan fingerprint density at radius 1 is 0.833 bits per heavy atom. The summed E-state index contributed by atoms with van der Waals surface area (Å²) in [6.07, 6.45) is 0. The van der Waals surface area contributed by atoms with Crippen LogP contribution in [0.25, 0.3) is 0 Å². The maximum atomic E-state index is 12.5. The first kappa shape index (κ1) is 21.4. The molecule has 30 heavy (non-hydrogen) atoms. The number of rotatable bonds is 8. The Labute approximate surface area is 182 Å². The minimum absolute atomic E-state index is 0.0903. The molecule has 0 aliphatic carbocycles. The highest BCUT2D eigenvalue weighted by Gasteiger charge is 2.16. The van der Waals surface area contributed by atoms with Crippen molar-refractivity contribution < 1.29 is 28.5 Å². The van der Waals surface area contributed by atoms with E-state index in [4.69, 9.17) is 18.9 Å². The molecule has 3 rings (SSSR count). The summed E-state index contributed by atoms with van der Waals surface area (Å²) in [6, 6.07) is 20.5. The molecule has 7 heteroatoms. The van der Waals surface area contributed by atoms with E-state index in [0.717, 1.165) is 0 Å². The molecule has 0 amide bonds. The lowest BCUT2D eigenvalue weighted by Crippen LogP contribution is -2.13. The number of benzene rings is 3. The van der Waals surface area contributed by atoms with E-state index in [9.17, 15) is 9.59 Å². The molecule has 0 aliphatic heterocycles. The average Bonchev–Trinajstić information content (AvgIpc) is 2.77. The van der Waals surface area contributed by atoms with Gasteiger partial charge in [-0.1, -0.05) is 40.2 Å². The fourth-order valence-electron chi connectivity index (χ4n) is 2.58. The minimum atomic E-state index is -0.602. The van der Waals surface area contributed by atoms with Gasteiger partial charge in [0.1, 0.15) is 36.0 Å². The van der Waals surface area contributed by atoms with Crippen molar-refractivity contribution in [2.45, 2.75) is 0 Å². The first-order valence-electron chi connectivity index (χ1n) is 9.07. The largest absolute Gasteiger partial charge is 0.496 e. The number of methoxy groups -OCH3 is 1. The Balaban J connectivity index is 1.58. The zero-order valence-corrected chi connectivity index (χ0v) is 17.8. The maximum absolute atomic E-state index is 12.5. The second-order valence-electron chi connectivity index (χ2n) is 6.06. The number of esters is 2. The van der Waals surface area contributed by atoms with E-state index < -0.39 is 11.9 Å². The highest BCUT2D eigenvalue weighted by molar-refractivity contribution is 9.10. The summed E-state index contributed by atoms with van der Waals surface area (Å²) in [5, 5.41) is 0.